The van der Waals surface area contributed by atoms with Crippen molar-refractivity contribution in [1.82, 2.24) is 0 Å². The lowest BCUT2D eigenvalue weighted by Crippen LogP contribution is -2.04. The smallest absolute Gasteiger partial charge is 0.193 e. The molecule has 2 aromatic carbocycles. The Labute approximate surface area is 101 Å². The van der Waals surface area contributed by atoms with E-state index in [-0.39, 0.29) is 5.78 Å². The Hall–Kier alpha value is -2.15. The first kappa shape index (κ1) is 11.3. The van der Waals surface area contributed by atoms with E-state index in [2.05, 4.69) is 6.58 Å². The summed E-state index contributed by atoms with van der Waals surface area (Å²) in [6.07, 6.45) is 0. The highest BCUT2D eigenvalue weighted by molar-refractivity contribution is 6.11. The Morgan fingerprint density at radius 2 is 1.41 bits per heavy atom. The fourth-order valence-electron chi connectivity index (χ4n) is 1.80. The van der Waals surface area contributed by atoms with Gasteiger partial charge in [-0.25, -0.2) is 0 Å². The van der Waals surface area contributed by atoms with Crippen LogP contribution in [0.3, 0.4) is 0 Å². The minimum Gasteiger partial charge on any atom is -0.289 e. The zero-order chi connectivity index (χ0) is 12.3. The van der Waals surface area contributed by atoms with E-state index in [0.717, 1.165) is 11.1 Å². The molecule has 0 radical (unpaired) electrons. The van der Waals surface area contributed by atoms with Crippen LogP contribution in [0, 0.1) is 0 Å². The van der Waals surface area contributed by atoms with E-state index in [9.17, 15) is 4.79 Å². The van der Waals surface area contributed by atoms with E-state index in [1.165, 1.54) is 0 Å². The van der Waals surface area contributed by atoms with Gasteiger partial charge in [0.2, 0.25) is 0 Å². The maximum atomic E-state index is 12.3. The number of allylic oxidation sites excluding steroid dienone is 1. The first-order valence-corrected chi connectivity index (χ1v) is 5.55. The van der Waals surface area contributed by atoms with Crippen LogP contribution in [0.2, 0.25) is 0 Å². The number of ketones is 1. The highest BCUT2D eigenvalue weighted by Crippen LogP contribution is 2.20. The third kappa shape index (κ3) is 2.34. The SMILES string of the molecule is C=C(C)c1ccccc1C(=O)c1ccccc1. The molecule has 0 bridgehead atoms. The zero-order valence-corrected chi connectivity index (χ0v) is 9.81. The van der Waals surface area contributed by atoms with Gasteiger partial charge >= 0.3 is 0 Å². The average molecular weight is 222 g/mol. The summed E-state index contributed by atoms with van der Waals surface area (Å²) in [6, 6.07) is 16.9. The summed E-state index contributed by atoms with van der Waals surface area (Å²) < 4.78 is 0. The first-order chi connectivity index (χ1) is 8.20. The minimum atomic E-state index is 0.0456. The summed E-state index contributed by atoms with van der Waals surface area (Å²) in [6.45, 7) is 5.82. The van der Waals surface area contributed by atoms with E-state index in [0.29, 0.717) is 11.1 Å². The van der Waals surface area contributed by atoms with Gasteiger partial charge in [0.15, 0.2) is 5.78 Å². The van der Waals surface area contributed by atoms with Crippen LogP contribution in [-0.4, -0.2) is 5.78 Å². The molecule has 17 heavy (non-hydrogen) atoms. The van der Waals surface area contributed by atoms with Crippen LogP contribution >= 0.6 is 0 Å². The van der Waals surface area contributed by atoms with E-state index in [1.807, 2.05) is 61.5 Å². The lowest BCUT2D eigenvalue weighted by Gasteiger charge is -2.08. The fraction of sp³-hybridized carbons (Fsp3) is 0.0625. The van der Waals surface area contributed by atoms with Crippen molar-refractivity contribution < 1.29 is 4.79 Å². The maximum absolute atomic E-state index is 12.3. The van der Waals surface area contributed by atoms with E-state index in [1.54, 1.807) is 0 Å². The summed E-state index contributed by atoms with van der Waals surface area (Å²) in [7, 11) is 0. The second-order valence-corrected chi connectivity index (χ2v) is 4.02. The summed E-state index contributed by atoms with van der Waals surface area (Å²) >= 11 is 0. The molecule has 84 valence electrons. The van der Waals surface area contributed by atoms with Gasteiger partial charge in [-0.3, -0.25) is 4.79 Å². The number of carbonyl (C=O) groups excluding carboxylic acids is 1. The van der Waals surface area contributed by atoms with Crippen molar-refractivity contribution in [2.75, 3.05) is 0 Å². The molecule has 0 fully saturated rings. The summed E-state index contributed by atoms with van der Waals surface area (Å²) in [5.74, 6) is 0.0456. The van der Waals surface area contributed by atoms with Crippen molar-refractivity contribution in [2.45, 2.75) is 6.92 Å². The molecule has 0 aliphatic rings. The summed E-state index contributed by atoms with van der Waals surface area (Å²) in [5, 5.41) is 0. The van der Waals surface area contributed by atoms with E-state index >= 15 is 0 Å². The van der Waals surface area contributed by atoms with Crippen LogP contribution in [0.1, 0.15) is 28.4 Å². The van der Waals surface area contributed by atoms with Gasteiger partial charge in [-0.05, 0) is 12.5 Å². The zero-order valence-electron chi connectivity index (χ0n) is 9.81. The Balaban J connectivity index is 2.48. The third-order valence-electron chi connectivity index (χ3n) is 2.67. The van der Waals surface area contributed by atoms with Gasteiger partial charge in [-0.15, -0.1) is 0 Å². The predicted molar refractivity (Wildman–Crippen MR) is 71.0 cm³/mol. The highest BCUT2D eigenvalue weighted by Gasteiger charge is 2.12. The van der Waals surface area contributed by atoms with Crippen LogP contribution in [0.25, 0.3) is 5.57 Å². The Morgan fingerprint density at radius 1 is 0.882 bits per heavy atom. The molecule has 1 nitrogen and oxygen atoms in total. The van der Waals surface area contributed by atoms with Crippen molar-refractivity contribution in [2.24, 2.45) is 0 Å². The molecule has 0 aliphatic heterocycles. The molecule has 0 amide bonds. The molecule has 1 heteroatoms. The molecule has 0 aliphatic carbocycles. The topological polar surface area (TPSA) is 17.1 Å². The Morgan fingerprint density at radius 3 is 2.00 bits per heavy atom. The number of rotatable bonds is 3. The summed E-state index contributed by atoms with van der Waals surface area (Å²) in [5.41, 5.74) is 3.25. The first-order valence-electron chi connectivity index (χ1n) is 5.55. The van der Waals surface area contributed by atoms with E-state index < -0.39 is 0 Å². The lowest BCUT2D eigenvalue weighted by atomic mass is 9.95. The van der Waals surface area contributed by atoms with Gasteiger partial charge in [0, 0.05) is 11.1 Å². The van der Waals surface area contributed by atoms with Crippen molar-refractivity contribution in [1.29, 1.82) is 0 Å². The largest absolute Gasteiger partial charge is 0.289 e. The molecular weight excluding hydrogens is 208 g/mol. The number of hydrogen-bond acceptors (Lipinski definition) is 1. The fourth-order valence-corrected chi connectivity index (χ4v) is 1.80. The molecule has 0 spiro atoms. The molecular formula is C16H14O. The molecule has 2 rings (SSSR count). The second-order valence-electron chi connectivity index (χ2n) is 4.02. The number of hydrogen-bond donors (Lipinski definition) is 0. The monoisotopic (exact) mass is 222 g/mol. The molecule has 2 aromatic rings. The van der Waals surface area contributed by atoms with Gasteiger partial charge in [-0.2, -0.15) is 0 Å². The second kappa shape index (κ2) is 4.79. The molecule has 0 saturated heterocycles. The lowest BCUT2D eigenvalue weighted by molar-refractivity contribution is 0.103. The van der Waals surface area contributed by atoms with Crippen molar-refractivity contribution in [3.05, 3.63) is 77.9 Å². The quantitative estimate of drug-likeness (QED) is 0.718. The maximum Gasteiger partial charge on any atom is 0.193 e. The van der Waals surface area contributed by atoms with Gasteiger partial charge in [0.1, 0.15) is 0 Å². The van der Waals surface area contributed by atoms with E-state index in [4.69, 9.17) is 0 Å². The predicted octanol–water partition coefficient (Wildman–Crippen LogP) is 3.95. The molecule has 0 aromatic heterocycles. The molecule has 0 saturated carbocycles. The van der Waals surface area contributed by atoms with Crippen LogP contribution in [-0.2, 0) is 0 Å². The van der Waals surface area contributed by atoms with Crippen LogP contribution < -0.4 is 0 Å². The van der Waals surface area contributed by atoms with Gasteiger partial charge in [-0.1, -0.05) is 66.7 Å². The van der Waals surface area contributed by atoms with Crippen LogP contribution in [0.5, 0.6) is 0 Å². The van der Waals surface area contributed by atoms with Crippen LogP contribution in [0.4, 0.5) is 0 Å². The highest BCUT2D eigenvalue weighted by atomic mass is 16.1. The third-order valence-corrected chi connectivity index (χ3v) is 2.67. The van der Waals surface area contributed by atoms with Gasteiger partial charge < -0.3 is 0 Å². The standard InChI is InChI=1S/C16H14O/c1-12(2)14-10-6-7-11-15(14)16(17)13-8-4-3-5-9-13/h3-11H,1H2,2H3. The normalized spacial score (nSPS) is 9.94. The van der Waals surface area contributed by atoms with Gasteiger partial charge in [0.05, 0.1) is 0 Å². The summed E-state index contributed by atoms with van der Waals surface area (Å²) in [4.78, 5) is 12.3. The molecule has 0 atom stereocenters. The van der Waals surface area contributed by atoms with Crippen molar-refractivity contribution in [3.8, 4) is 0 Å². The molecule has 0 unspecified atom stereocenters. The van der Waals surface area contributed by atoms with Crippen LogP contribution in [0.15, 0.2) is 61.2 Å². The number of carbonyl (C=O) groups is 1. The van der Waals surface area contributed by atoms with Crippen molar-refractivity contribution >= 4 is 11.4 Å². The Kier molecular flexibility index (Phi) is 3.20. The molecule has 0 N–H and O–H groups in total. The minimum absolute atomic E-state index is 0.0456. The van der Waals surface area contributed by atoms with Crippen molar-refractivity contribution in [3.63, 3.8) is 0 Å². The Bertz CT molecular complexity index is 553. The number of benzene rings is 2. The molecule has 0 heterocycles. The van der Waals surface area contributed by atoms with Gasteiger partial charge in [0.25, 0.3) is 0 Å². The average Bonchev–Trinajstić information content (AvgIpc) is 2.39.